The van der Waals surface area contributed by atoms with Gasteiger partial charge in [-0.2, -0.15) is 0 Å². The molecule has 0 aliphatic heterocycles. The average molecular weight is 242 g/mol. The predicted octanol–water partition coefficient (Wildman–Crippen LogP) is 2.84. The molecule has 1 aliphatic carbocycles. The summed E-state index contributed by atoms with van der Waals surface area (Å²) in [6.07, 6.45) is 5.51. The van der Waals surface area contributed by atoms with Gasteiger partial charge in [0.25, 0.3) is 0 Å². The zero-order valence-electron chi connectivity index (χ0n) is 11.4. The first-order valence-electron chi connectivity index (χ1n) is 6.33. The second kappa shape index (κ2) is 4.61. The second-order valence-electron chi connectivity index (χ2n) is 6.84. The van der Waals surface area contributed by atoms with Crippen LogP contribution in [-0.4, -0.2) is 21.7 Å². The molecule has 0 atom stereocenters. The van der Waals surface area contributed by atoms with Crippen molar-refractivity contribution in [2.75, 3.05) is 0 Å². The maximum atomic E-state index is 11.4. The summed E-state index contributed by atoms with van der Waals surface area (Å²) in [6.45, 7) is 10.9. The topological polar surface area (TPSA) is 26.3 Å². The van der Waals surface area contributed by atoms with Crippen LogP contribution in [0.4, 0.5) is 0 Å². The van der Waals surface area contributed by atoms with Gasteiger partial charge in [0.05, 0.1) is 11.0 Å². The van der Waals surface area contributed by atoms with Gasteiger partial charge in [0, 0.05) is 0 Å². The van der Waals surface area contributed by atoms with Crippen LogP contribution in [0.25, 0.3) is 0 Å². The summed E-state index contributed by atoms with van der Waals surface area (Å²) in [6, 6.07) is 0. The van der Waals surface area contributed by atoms with Crippen molar-refractivity contribution in [1.82, 2.24) is 0 Å². The summed E-state index contributed by atoms with van der Waals surface area (Å²) >= 11 is 0. The number of aldehydes is 1. The van der Waals surface area contributed by atoms with E-state index in [0.29, 0.717) is 5.04 Å². The van der Waals surface area contributed by atoms with E-state index < -0.39 is 9.76 Å². The predicted molar refractivity (Wildman–Crippen MR) is 70.4 cm³/mol. The summed E-state index contributed by atoms with van der Waals surface area (Å²) in [4.78, 5) is 11.4. The van der Waals surface area contributed by atoms with E-state index in [9.17, 15) is 4.79 Å². The first-order chi connectivity index (χ1) is 7.22. The van der Waals surface area contributed by atoms with Crippen LogP contribution in [0, 0.1) is 5.41 Å². The van der Waals surface area contributed by atoms with Crippen molar-refractivity contribution in [3.63, 3.8) is 0 Å². The van der Waals surface area contributed by atoms with Crippen LogP contribution < -0.4 is 0 Å². The lowest BCUT2D eigenvalue weighted by atomic mass is 9.74. The van der Waals surface area contributed by atoms with Gasteiger partial charge in [-0.3, -0.25) is 0 Å². The Morgan fingerprint density at radius 2 is 1.62 bits per heavy atom. The Bertz CT molecular complexity index is 247. The molecule has 0 amide bonds. The number of carbonyl (C=O) groups is 1. The Balaban J connectivity index is 2.71. The van der Waals surface area contributed by atoms with Crippen LogP contribution in [0.15, 0.2) is 0 Å². The third-order valence-corrected chi connectivity index (χ3v) is 5.52. The summed E-state index contributed by atoms with van der Waals surface area (Å²) < 4.78 is 6.18. The first kappa shape index (κ1) is 13.9. The van der Waals surface area contributed by atoms with E-state index in [2.05, 4.69) is 34.6 Å². The molecule has 0 N–H and O–H groups in total. The SMILES string of the molecule is CC(C)(C)[SiH2]OC(C)(C)C1(C=O)CCCC1. The van der Waals surface area contributed by atoms with Crippen LogP contribution in [0.5, 0.6) is 0 Å². The average Bonchev–Trinajstić information content (AvgIpc) is 2.63. The number of hydrogen-bond donors (Lipinski definition) is 0. The van der Waals surface area contributed by atoms with Gasteiger partial charge >= 0.3 is 0 Å². The zero-order valence-corrected chi connectivity index (χ0v) is 12.8. The molecule has 1 fully saturated rings. The molecule has 0 bridgehead atoms. The van der Waals surface area contributed by atoms with Crippen molar-refractivity contribution in [3.05, 3.63) is 0 Å². The largest absolute Gasteiger partial charge is 0.418 e. The Hall–Kier alpha value is -0.153. The molecule has 2 nitrogen and oxygen atoms in total. The molecule has 94 valence electrons. The Morgan fingerprint density at radius 3 is 2.00 bits per heavy atom. The van der Waals surface area contributed by atoms with Crippen molar-refractivity contribution in [2.24, 2.45) is 5.41 Å². The van der Waals surface area contributed by atoms with Crippen LogP contribution in [0.1, 0.15) is 60.3 Å². The fraction of sp³-hybridized carbons (Fsp3) is 0.923. The number of hydrogen-bond acceptors (Lipinski definition) is 2. The highest BCUT2D eigenvalue weighted by Gasteiger charge is 2.47. The van der Waals surface area contributed by atoms with Crippen LogP contribution in [0.2, 0.25) is 5.04 Å². The number of carbonyl (C=O) groups excluding carboxylic acids is 1. The van der Waals surface area contributed by atoms with Crippen molar-refractivity contribution < 1.29 is 9.22 Å². The molecule has 1 rings (SSSR count). The molecule has 0 spiro atoms. The maximum absolute atomic E-state index is 11.4. The van der Waals surface area contributed by atoms with E-state index >= 15 is 0 Å². The number of rotatable bonds is 4. The lowest BCUT2D eigenvalue weighted by molar-refractivity contribution is -0.127. The van der Waals surface area contributed by atoms with E-state index in [1.807, 2.05) is 0 Å². The molecular weight excluding hydrogens is 216 g/mol. The Kier molecular flexibility index (Phi) is 4.01. The standard InChI is InChI=1S/C13H26O2Si/c1-11(2,3)16-15-12(4,5)13(10-14)8-6-7-9-13/h10H,6-9,16H2,1-5H3. The van der Waals surface area contributed by atoms with Crippen LogP contribution in [-0.2, 0) is 9.22 Å². The molecule has 0 unspecified atom stereocenters. The molecule has 0 aromatic heterocycles. The van der Waals surface area contributed by atoms with E-state index in [0.717, 1.165) is 19.1 Å². The van der Waals surface area contributed by atoms with Gasteiger partial charge in [0.15, 0.2) is 9.76 Å². The van der Waals surface area contributed by atoms with Gasteiger partial charge in [-0.25, -0.2) is 0 Å². The third-order valence-electron chi connectivity index (χ3n) is 3.79. The minimum Gasteiger partial charge on any atom is -0.418 e. The summed E-state index contributed by atoms with van der Waals surface area (Å²) in [7, 11) is -0.593. The van der Waals surface area contributed by atoms with Gasteiger partial charge in [-0.05, 0) is 31.7 Å². The highest BCUT2D eigenvalue weighted by Crippen LogP contribution is 2.47. The second-order valence-corrected chi connectivity index (χ2v) is 9.54. The third kappa shape index (κ3) is 2.95. The minimum atomic E-state index is -0.593. The van der Waals surface area contributed by atoms with E-state index in [4.69, 9.17) is 4.43 Å². The Morgan fingerprint density at radius 1 is 1.12 bits per heavy atom. The fourth-order valence-corrected chi connectivity index (χ4v) is 3.49. The molecule has 1 saturated carbocycles. The van der Waals surface area contributed by atoms with Gasteiger partial charge in [0.1, 0.15) is 6.29 Å². The molecule has 0 heterocycles. The quantitative estimate of drug-likeness (QED) is 0.560. The lowest BCUT2D eigenvalue weighted by Crippen LogP contribution is -2.47. The summed E-state index contributed by atoms with van der Waals surface area (Å²) in [5.74, 6) is 0. The van der Waals surface area contributed by atoms with Gasteiger partial charge < -0.3 is 9.22 Å². The van der Waals surface area contributed by atoms with Crippen molar-refractivity contribution in [1.29, 1.82) is 0 Å². The first-order valence-corrected chi connectivity index (χ1v) is 7.61. The molecule has 16 heavy (non-hydrogen) atoms. The summed E-state index contributed by atoms with van der Waals surface area (Å²) in [5, 5.41) is 0.292. The molecule has 0 aromatic rings. The van der Waals surface area contributed by atoms with Gasteiger partial charge in [-0.15, -0.1) is 0 Å². The highest BCUT2D eigenvalue weighted by atomic mass is 28.2. The maximum Gasteiger partial charge on any atom is 0.167 e. The normalized spacial score (nSPS) is 21.8. The molecule has 3 heteroatoms. The van der Waals surface area contributed by atoms with Crippen LogP contribution >= 0.6 is 0 Å². The van der Waals surface area contributed by atoms with Crippen molar-refractivity contribution >= 4 is 16.0 Å². The molecular formula is C13H26O2Si. The van der Waals surface area contributed by atoms with E-state index in [1.54, 1.807) is 0 Å². The smallest absolute Gasteiger partial charge is 0.167 e. The van der Waals surface area contributed by atoms with Crippen LogP contribution in [0.3, 0.4) is 0 Å². The molecule has 0 radical (unpaired) electrons. The molecule has 1 aliphatic rings. The van der Waals surface area contributed by atoms with E-state index in [1.165, 1.54) is 12.8 Å². The van der Waals surface area contributed by atoms with E-state index in [-0.39, 0.29) is 11.0 Å². The van der Waals surface area contributed by atoms with Gasteiger partial charge in [0.2, 0.25) is 0 Å². The minimum absolute atomic E-state index is 0.217. The zero-order chi connectivity index (χ0) is 12.4. The summed E-state index contributed by atoms with van der Waals surface area (Å²) in [5.41, 5.74) is -0.490. The van der Waals surface area contributed by atoms with Crippen molar-refractivity contribution in [2.45, 2.75) is 70.9 Å². The molecule has 0 aromatic carbocycles. The van der Waals surface area contributed by atoms with Crippen molar-refractivity contribution in [3.8, 4) is 0 Å². The fourth-order valence-electron chi connectivity index (χ4n) is 2.41. The lowest BCUT2D eigenvalue weighted by Gasteiger charge is -2.42. The van der Waals surface area contributed by atoms with Gasteiger partial charge in [-0.1, -0.05) is 33.6 Å². The Labute approximate surface area is 102 Å². The highest BCUT2D eigenvalue weighted by molar-refractivity contribution is 6.31. The monoisotopic (exact) mass is 242 g/mol. The molecule has 0 saturated heterocycles.